The highest BCUT2D eigenvalue weighted by Crippen LogP contribution is 1.70. The first-order valence-electron chi connectivity index (χ1n) is 1.57. The quantitative estimate of drug-likeness (QED) is 0.367. The van der Waals surface area contributed by atoms with Gasteiger partial charge in [0.15, 0.2) is 0 Å². The minimum absolute atomic E-state index is 0.976. The minimum Gasteiger partial charge on any atom is -0.232 e. The fraction of sp³-hybridized carbons (Fsp3) is 0.667. The van der Waals surface area contributed by atoms with Crippen LogP contribution in [0.25, 0.3) is 0 Å². The lowest BCUT2D eigenvalue weighted by atomic mass is 10.6. The van der Waals surface area contributed by atoms with Gasteiger partial charge in [0.05, 0.1) is 0 Å². The third-order valence-electron chi connectivity index (χ3n) is 0.264. The molecule has 0 saturated carbocycles. The largest absolute Gasteiger partial charge is 0.232 e. The maximum atomic E-state index is 3.57. The van der Waals surface area contributed by atoms with Gasteiger partial charge < -0.3 is 0 Å². The van der Waals surface area contributed by atoms with Gasteiger partial charge in [-0.2, -0.15) is 0 Å². The third kappa shape index (κ3) is 4.02. The van der Waals surface area contributed by atoms with Crippen LogP contribution in [0.3, 0.4) is 0 Å². The molecule has 2 heteroatoms. The van der Waals surface area contributed by atoms with Gasteiger partial charge in [0.25, 0.3) is 0 Å². The molecule has 0 atom stereocenters. The first-order chi connectivity index (χ1) is 2.41. The second kappa shape index (κ2) is 4.02. The van der Waals surface area contributed by atoms with Crippen molar-refractivity contribution in [2.45, 2.75) is 13.3 Å². The Hall–Kier alpha value is 0.0200. The Morgan fingerprint density at radius 2 is 2.60 bits per heavy atom. The zero-order valence-electron chi connectivity index (χ0n) is 3.18. The Bertz CT molecular complexity index is 33.9. The van der Waals surface area contributed by atoms with Crippen LogP contribution in [0.4, 0.5) is 0 Å². The zero-order valence-corrected chi connectivity index (χ0v) is 4.07. The van der Waals surface area contributed by atoms with Crippen LogP contribution in [0.5, 0.6) is 0 Å². The average molecular weight is 89.2 g/mol. The first-order valence-corrected chi connectivity index (χ1v) is 1.97. The van der Waals surface area contributed by atoms with Crippen molar-refractivity contribution in [2.75, 3.05) is 0 Å². The summed E-state index contributed by atoms with van der Waals surface area (Å²) in [5.41, 5.74) is 0. The lowest BCUT2D eigenvalue weighted by Gasteiger charge is -1.64. The van der Waals surface area contributed by atoms with Crippen LogP contribution < -0.4 is 0 Å². The molecule has 0 N–H and O–H groups in total. The summed E-state index contributed by atoms with van der Waals surface area (Å²) >= 11 is 3.57. The van der Waals surface area contributed by atoms with Gasteiger partial charge >= 0.3 is 0 Å². The van der Waals surface area contributed by atoms with Gasteiger partial charge in [-0.15, -0.1) is 0 Å². The van der Waals surface area contributed by atoms with Crippen LogP contribution in [0.2, 0.25) is 0 Å². The summed E-state index contributed by atoms with van der Waals surface area (Å²) in [6.07, 6.45) is 2.71. The molecule has 0 aromatic rings. The number of hydrogen-bond acceptors (Lipinski definition) is 2. The Balaban J connectivity index is 2.62. The van der Waals surface area contributed by atoms with Crippen LogP contribution in [-0.2, 0) is 0 Å². The van der Waals surface area contributed by atoms with Crippen molar-refractivity contribution < 1.29 is 0 Å². The molecule has 0 aromatic heterocycles. The second-order valence-corrected chi connectivity index (χ2v) is 0.937. The van der Waals surface area contributed by atoms with E-state index in [9.17, 15) is 0 Å². The lowest BCUT2D eigenvalue weighted by Crippen LogP contribution is -1.56. The van der Waals surface area contributed by atoms with Crippen LogP contribution in [-0.4, -0.2) is 6.21 Å². The summed E-state index contributed by atoms with van der Waals surface area (Å²) < 4.78 is 3.42. The van der Waals surface area contributed by atoms with E-state index in [0.29, 0.717) is 0 Å². The fourth-order valence-electron chi connectivity index (χ4n) is 0.0816. The van der Waals surface area contributed by atoms with Gasteiger partial charge in [0.1, 0.15) is 0 Å². The standard InChI is InChI=1S/C3H7NS/c1-2-3-4-5/h3,5H,2H2,1H3. The average Bonchev–Trinajstić information content (AvgIpc) is 1.41. The predicted octanol–water partition coefficient (Wildman–Crippen LogP) is 1.31. The normalized spacial score (nSPS) is 10.0. The highest BCUT2D eigenvalue weighted by molar-refractivity contribution is 7.78. The van der Waals surface area contributed by atoms with Gasteiger partial charge in [0, 0.05) is 6.21 Å². The van der Waals surface area contributed by atoms with Gasteiger partial charge in [-0.3, -0.25) is 0 Å². The lowest BCUT2D eigenvalue weighted by molar-refractivity contribution is 1.33. The van der Waals surface area contributed by atoms with E-state index in [2.05, 4.69) is 17.2 Å². The topological polar surface area (TPSA) is 12.4 Å². The smallest absolute Gasteiger partial charge is 0.0120 e. The van der Waals surface area contributed by atoms with Crippen molar-refractivity contribution in [3.05, 3.63) is 0 Å². The number of rotatable bonds is 1. The molecule has 5 heavy (non-hydrogen) atoms. The van der Waals surface area contributed by atoms with E-state index in [1.54, 1.807) is 6.21 Å². The summed E-state index contributed by atoms with van der Waals surface area (Å²) in [6.45, 7) is 2.01. The maximum Gasteiger partial charge on any atom is 0.0120 e. The van der Waals surface area contributed by atoms with Crippen LogP contribution >= 0.6 is 12.8 Å². The summed E-state index contributed by atoms with van der Waals surface area (Å²) in [5, 5.41) is 0. The molecule has 0 spiro atoms. The molecule has 0 aliphatic rings. The summed E-state index contributed by atoms with van der Waals surface area (Å²) in [5.74, 6) is 0. The molecule has 0 aliphatic heterocycles. The molecule has 0 bridgehead atoms. The summed E-state index contributed by atoms with van der Waals surface area (Å²) in [6, 6.07) is 0. The summed E-state index contributed by atoms with van der Waals surface area (Å²) in [4.78, 5) is 0. The van der Waals surface area contributed by atoms with E-state index in [4.69, 9.17) is 0 Å². The molecule has 0 fully saturated rings. The van der Waals surface area contributed by atoms with E-state index in [1.807, 2.05) is 6.92 Å². The monoisotopic (exact) mass is 89.0 g/mol. The number of thiol groups is 1. The van der Waals surface area contributed by atoms with Crippen LogP contribution in [0.15, 0.2) is 4.40 Å². The van der Waals surface area contributed by atoms with Gasteiger partial charge in [-0.25, -0.2) is 4.40 Å². The highest BCUT2D eigenvalue weighted by Gasteiger charge is 1.54. The molecule has 0 aromatic carbocycles. The maximum absolute atomic E-state index is 3.57. The highest BCUT2D eigenvalue weighted by atomic mass is 32.1. The van der Waals surface area contributed by atoms with Crippen molar-refractivity contribution >= 4 is 19.0 Å². The molecule has 0 heterocycles. The number of nitrogens with zero attached hydrogens (tertiary/aromatic N) is 1. The van der Waals surface area contributed by atoms with E-state index in [0.717, 1.165) is 6.42 Å². The second-order valence-electron chi connectivity index (χ2n) is 0.706. The van der Waals surface area contributed by atoms with Crippen molar-refractivity contribution in [3.8, 4) is 0 Å². The molecule has 1 nitrogen and oxygen atoms in total. The molecule has 0 unspecified atom stereocenters. The fourth-order valence-corrected chi connectivity index (χ4v) is 0.245. The van der Waals surface area contributed by atoms with Crippen molar-refractivity contribution in [3.63, 3.8) is 0 Å². The summed E-state index contributed by atoms with van der Waals surface area (Å²) in [7, 11) is 0. The molecule has 0 aliphatic carbocycles. The van der Waals surface area contributed by atoms with Crippen molar-refractivity contribution in [1.29, 1.82) is 0 Å². The van der Waals surface area contributed by atoms with Crippen molar-refractivity contribution in [1.82, 2.24) is 0 Å². The van der Waals surface area contributed by atoms with E-state index in [-0.39, 0.29) is 0 Å². The van der Waals surface area contributed by atoms with Crippen LogP contribution in [0.1, 0.15) is 13.3 Å². The Morgan fingerprint density at radius 1 is 2.00 bits per heavy atom. The molecule has 0 amide bonds. The molecule has 30 valence electrons. The van der Waals surface area contributed by atoms with Crippen LogP contribution in [0, 0.1) is 0 Å². The molecule has 0 rings (SSSR count). The third-order valence-corrected chi connectivity index (χ3v) is 0.428. The molecular weight excluding hydrogens is 82.1 g/mol. The van der Waals surface area contributed by atoms with Gasteiger partial charge in [-0.05, 0) is 19.2 Å². The van der Waals surface area contributed by atoms with Gasteiger partial charge in [0.2, 0.25) is 0 Å². The molecular formula is C3H7NS. The van der Waals surface area contributed by atoms with E-state index < -0.39 is 0 Å². The zero-order chi connectivity index (χ0) is 4.12. The van der Waals surface area contributed by atoms with Crippen molar-refractivity contribution in [2.24, 2.45) is 4.40 Å². The van der Waals surface area contributed by atoms with E-state index in [1.165, 1.54) is 0 Å². The molecule has 0 saturated heterocycles. The first kappa shape index (κ1) is 5.02. The van der Waals surface area contributed by atoms with E-state index >= 15 is 0 Å². The Kier molecular flexibility index (Phi) is 4.04. The van der Waals surface area contributed by atoms with Gasteiger partial charge in [-0.1, -0.05) is 6.92 Å². The minimum atomic E-state index is 0.976. The Morgan fingerprint density at radius 3 is 2.60 bits per heavy atom. The number of hydrogen-bond donors (Lipinski definition) is 1. The SMILES string of the molecule is CCC=NS. The predicted molar refractivity (Wildman–Crippen MR) is 27.8 cm³/mol. The Labute approximate surface area is 37.7 Å². The molecule has 0 radical (unpaired) electrons.